The van der Waals surface area contributed by atoms with Gasteiger partial charge in [0.05, 0.1) is 24.7 Å². The Morgan fingerprint density at radius 1 is 1.15 bits per heavy atom. The van der Waals surface area contributed by atoms with Crippen LogP contribution < -0.4 is 0 Å². The first-order chi connectivity index (χ1) is 12.4. The van der Waals surface area contributed by atoms with Gasteiger partial charge in [-0.3, -0.25) is 9.08 Å². The summed E-state index contributed by atoms with van der Waals surface area (Å²) in [6.45, 7) is 6.84. The maximum absolute atomic E-state index is 12.5. The van der Waals surface area contributed by atoms with Crippen molar-refractivity contribution in [3.05, 3.63) is 29.8 Å². The van der Waals surface area contributed by atoms with Crippen molar-refractivity contribution < 1.29 is 31.7 Å². The molecule has 1 aliphatic heterocycles. The first-order valence-electron chi connectivity index (χ1n) is 8.50. The molecule has 2 rings (SSSR count). The van der Waals surface area contributed by atoms with Crippen LogP contribution >= 0.6 is 0 Å². The Morgan fingerprint density at radius 2 is 1.74 bits per heavy atom. The standard InChI is InChI=1S/C18H25NO7S/c1-12-6-8-14(9-7-12)27(22,23)26-13-10-15(16(20)24-5)19(11-13)17(21)25-18(2,3)4/h6-9,13,15H,10-11H2,1-5H3/t13-,15+/m1/s1. The molecule has 27 heavy (non-hydrogen) atoms. The average Bonchev–Trinajstić information content (AvgIpc) is 2.96. The lowest BCUT2D eigenvalue weighted by atomic mass is 10.2. The summed E-state index contributed by atoms with van der Waals surface area (Å²) in [6, 6.07) is 5.25. The number of benzene rings is 1. The van der Waals surface area contributed by atoms with Gasteiger partial charge in [-0.05, 0) is 39.8 Å². The van der Waals surface area contributed by atoms with Crippen molar-refractivity contribution in [3.8, 4) is 0 Å². The number of hydrogen-bond acceptors (Lipinski definition) is 7. The van der Waals surface area contributed by atoms with Gasteiger partial charge in [-0.25, -0.2) is 9.59 Å². The minimum Gasteiger partial charge on any atom is -0.467 e. The Bertz CT molecular complexity index is 796. The van der Waals surface area contributed by atoms with Crippen LogP contribution in [0.3, 0.4) is 0 Å². The van der Waals surface area contributed by atoms with Crippen LogP contribution in [0.2, 0.25) is 0 Å². The number of aryl methyl sites for hydroxylation is 1. The molecule has 8 nitrogen and oxygen atoms in total. The quantitative estimate of drug-likeness (QED) is 0.565. The molecular formula is C18H25NO7S. The molecule has 1 fully saturated rings. The second-order valence-electron chi connectivity index (χ2n) is 7.39. The summed E-state index contributed by atoms with van der Waals surface area (Å²) in [7, 11) is -2.83. The van der Waals surface area contributed by atoms with E-state index in [2.05, 4.69) is 0 Å². The van der Waals surface area contributed by atoms with E-state index >= 15 is 0 Å². The maximum atomic E-state index is 12.5. The molecule has 1 aromatic carbocycles. The van der Waals surface area contributed by atoms with E-state index in [0.717, 1.165) is 10.5 Å². The van der Waals surface area contributed by atoms with Crippen molar-refractivity contribution in [1.29, 1.82) is 0 Å². The second kappa shape index (κ2) is 7.85. The zero-order chi connectivity index (χ0) is 20.4. The third-order valence-corrected chi connectivity index (χ3v) is 5.31. The largest absolute Gasteiger partial charge is 0.467 e. The van der Waals surface area contributed by atoms with Crippen LogP contribution in [0.5, 0.6) is 0 Å². The summed E-state index contributed by atoms with van der Waals surface area (Å²) < 4.78 is 40.3. The Labute approximate surface area is 159 Å². The summed E-state index contributed by atoms with van der Waals surface area (Å²) in [4.78, 5) is 25.6. The number of carbonyl (C=O) groups excluding carboxylic acids is 2. The van der Waals surface area contributed by atoms with Crippen molar-refractivity contribution in [2.45, 2.75) is 56.8 Å². The van der Waals surface area contributed by atoms with Gasteiger partial charge in [0.15, 0.2) is 0 Å². The Balaban J connectivity index is 2.18. The highest BCUT2D eigenvalue weighted by Crippen LogP contribution is 2.27. The van der Waals surface area contributed by atoms with Crippen molar-refractivity contribution >= 4 is 22.2 Å². The predicted octanol–water partition coefficient (Wildman–Crippen LogP) is 2.25. The smallest absolute Gasteiger partial charge is 0.411 e. The molecule has 0 bridgehead atoms. The Hall–Kier alpha value is -2.13. The molecular weight excluding hydrogens is 374 g/mol. The van der Waals surface area contributed by atoms with E-state index in [-0.39, 0.29) is 17.9 Å². The number of ether oxygens (including phenoxy) is 2. The molecule has 0 spiro atoms. The van der Waals surface area contributed by atoms with Crippen LogP contribution in [0.25, 0.3) is 0 Å². The number of likely N-dealkylation sites (tertiary alicyclic amines) is 1. The van der Waals surface area contributed by atoms with E-state index in [4.69, 9.17) is 13.7 Å². The number of esters is 1. The predicted molar refractivity (Wildman–Crippen MR) is 96.6 cm³/mol. The highest BCUT2D eigenvalue weighted by atomic mass is 32.2. The van der Waals surface area contributed by atoms with Crippen molar-refractivity contribution in [2.24, 2.45) is 0 Å². The molecule has 2 atom stereocenters. The van der Waals surface area contributed by atoms with Crippen LogP contribution in [0.1, 0.15) is 32.8 Å². The number of rotatable bonds is 4. The molecule has 1 aromatic rings. The lowest BCUT2D eigenvalue weighted by molar-refractivity contribution is -0.145. The van der Waals surface area contributed by atoms with Gasteiger partial charge in [0, 0.05) is 6.42 Å². The summed E-state index contributed by atoms with van der Waals surface area (Å²) >= 11 is 0. The second-order valence-corrected chi connectivity index (χ2v) is 8.96. The van der Waals surface area contributed by atoms with Crippen molar-refractivity contribution in [1.82, 2.24) is 4.90 Å². The third kappa shape index (κ3) is 5.43. The molecule has 1 saturated heterocycles. The van der Waals surface area contributed by atoms with Gasteiger partial charge in [0.2, 0.25) is 0 Å². The van der Waals surface area contributed by atoms with Crippen LogP contribution in [0, 0.1) is 6.92 Å². The minimum atomic E-state index is -4.03. The topological polar surface area (TPSA) is 99.2 Å². The molecule has 9 heteroatoms. The number of amides is 1. The van der Waals surface area contributed by atoms with Gasteiger partial charge in [0.1, 0.15) is 11.6 Å². The van der Waals surface area contributed by atoms with E-state index in [9.17, 15) is 18.0 Å². The van der Waals surface area contributed by atoms with Gasteiger partial charge >= 0.3 is 12.1 Å². The molecule has 0 unspecified atom stereocenters. The molecule has 0 aromatic heterocycles. The van der Waals surface area contributed by atoms with E-state index in [1.54, 1.807) is 32.9 Å². The Morgan fingerprint density at radius 3 is 2.26 bits per heavy atom. The maximum Gasteiger partial charge on any atom is 0.411 e. The summed E-state index contributed by atoms with van der Waals surface area (Å²) in [5, 5.41) is 0. The van der Waals surface area contributed by atoms with Gasteiger partial charge in [-0.15, -0.1) is 0 Å². The van der Waals surface area contributed by atoms with E-state index in [1.165, 1.54) is 19.2 Å². The fourth-order valence-corrected chi connectivity index (χ4v) is 3.77. The Kier molecular flexibility index (Phi) is 6.16. The van der Waals surface area contributed by atoms with Crippen molar-refractivity contribution in [2.75, 3.05) is 13.7 Å². The fraction of sp³-hybridized carbons (Fsp3) is 0.556. The summed E-state index contributed by atoms with van der Waals surface area (Å²) in [5.74, 6) is -0.653. The van der Waals surface area contributed by atoms with Crippen LogP contribution in [0.4, 0.5) is 4.79 Å². The number of nitrogens with zero attached hydrogens (tertiary/aromatic N) is 1. The van der Waals surface area contributed by atoms with Gasteiger partial charge in [-0.1, -0.05) is 17.7 Å². The summed E-state index contributed by atoms with van der Waals surface area (Å²) in [6.07, 6.45) is -1.61. The van der Waals surface area contributed by atoms with Crippen LogP contribution in [-0.2, 0) is 28.6 Å². The van der Waals surface area contributed by atoms with Gasteiger partial charge in [0.25, 0.3) is 10.1 Å². The zero-order valence-electron chi connectivity index (χ0n) is 16.1. The monoisotopic (exact) mass is 399 g/mol. The molecule has 1 amide bonds. The first-order valence-corrected chi connectivity index (χ1v) is 9.91. The molecule has 0 aliphatic carbocycles. The molecule has 0 radical (unpaired) electrons. The van der Waals surface area contributed by atoms with Crippen LogP contribution in [-0.4, -0.2) is 56.8 Å². The van der Waals surface area contributed by atoms with E-state index in [1.807, 2.05) is 6.92 Å². The molecule has 0 saturated carbocycles. The summed E-state index contributed by atoms with van der Waals surface area (Å²) in [5.41, 5.74) is 0.154. The third-order valence-electron chi connectivity index (χ3n) is 3.94. The van der Waals surface area contributed by atoms with Crippen LogP contribution in [0.15, 0.2) is 29.2 Å². The molecule has 1 heterocycles. The lowest BCUT2D eigenvalue weighted by Crippen LogP contribution is -2.44. The molecule has 0 N–H and O–H groups in total. The SMILES string of the molecule is COC(=O)[C@@H]1C[C@@H](OS(=O)(=O)c2ccc(C)cc2)CN1C(=O)OC(C)(C)C. The number of carbonyl (C=O) groups is 2. The van der Waals surface area contributed by atoms with E-state index < -0.39 is 39.9 Å². The normalized spacial score (nSPS) is 20.4. The van der Waals surface area contributed by atoms with Crippen molar-refractivity contribution in [3.63, 3.8) is 0 Å². The molecule has 1 aliphatic rings. The lowest BCUT2D eigenvalue weighted by Gasteiger charge is -2.27. The highest BCUT2D eigenvalue weighted by Gasteiger charge is 2.44. The first kappa shape index (κ1) is 21.2. The number of hydrogen-bond donors (Lipinski definition) is 0. The van der Waals surface area contributed by atoms with Gasteiger partial charge in [-0.2, -0.15) is 8.42 Å². The van der Waals surface area contributed by atoms with E-state index in [0.29, 0.717) is 0 Å². The molecule has 150 valence electrons. The van der Waals surface area contributed by atoms with Gasteiger partial charge < -0.3 is 9.47 Å². The zero-order valence-corrected chi connectivity index (χ0v) is 16.9. The highest BCUT2D eigenvalue weighted by molar-refractivity contribution is 7.86. The minimum absolute atomic E-state index is 0.00297. The number of methoxy groups -OCH3 is 1. The average molecular weight is 399 g/mol. The fourth-order valence-electron chi connectivity index (χ4n) is 2.69.